The average molecular weight is 388 g/mol. The second kappa shape index (κ2) is 9.49. The molecule has 3 rings (SSSR count). The number of carbonyl (C=O) groups is 1. The van der Waals surface area contributed by atoms with E-state index in [1.54, 1.807) is 16.2 Å². The van der Waals surface area contributed by atoms with Crippen LogP contribution >= 0.6 is 11.3 Å². The van der Waals surface area contributed by atoms with Crippen LogP contribution in [0.2, 0.25) is 0 Å². The maximum atomic E-state index is 12.3. The highest BCUT2D eigenvalue weighted by Crippen LogP contribution is 2.17. The van der Waals surface area contributed by atoms with Crippen LogP contribution in [0.4, 0.5) is 0 Å². The predicted molar refractivity (Wildman–Crippen MR) is 111 cm³/mol. The molecule has 0 bridgehead atoms. The third-order valence-electron chi connectivity index (χ3n) is 5.52. The molecule has 0 spiro atoms. The molecule has 1 fully saturated rings. The fourth-order valence-corrected chi connectivity index (χ4v) is 4.48. The number of carbonyl (C=O) groups excluding carboxylic acids is 1. The zero-order valence-electron chi connectivity index (χ0n) is 16.8. The largest absolute Gasteiger partial charge is 0.344 e. The van der Waals surface area contributed by atoms with E-state index >= 15 is 0 Å². The smallest absolute Gasteiger partial charge is 0.275 e. The molecule has 1 amide bonds. The monoisotopic (exact) mass is 387 g/mol. The molecule has 0 aliphatic carbocycles. The molecule has 4 nitrogen and oxygen atoms in total. The lowest BCUT2D eigenvalue weighted by atomic mass is 10.0. The first-order valence-corrected chi connectivity index (χ1v) is 11.0. The fraction of sp³-hybridized carbons (Fsp3) is 0.500. The highest BCUT2D eigenvalue weighted by Gasteiger charge is 2.25. The van der Waals surface area contributed by atoms with Gasteiger partial charge in [-0.25, -0.2) is 0 Å². The number of rotatable bonds is 7. The van der Waals surface area contributed by atoms with Crippen molar-refractivity contribution < 1.29 is 14.6 Å². The first kappa shape index (κ1) is 20.1. The van der Waals surface area contributed by atoms with Crippen molar-refractivity contribution in [2.75, 3.05) is 32.7 Å². The highest BCUT2D eigenvalue weighted by molar-refractivity contribution is 7.10. The van der Waals surface area contributed by atoms with Gasteiger partial charge in [-0.2, -0.15) is 0 Å². The van der Waals surface area contributed by atoms with Gasteiger partial charge in [-0.15, -0.1) is 11.3 Å². The minimum absolute atomic E-state index is 0.109. The number of thiophene rings is 1. The minimum Gasteiger partial charge on any atom is -0.344 e. The average Bonchev–Trinajstić information content (AvgIpc) is 3.18. The molecule has 5 heteroatoms. The van der Waals surface area contributed by atoms with E-state index in [1.165, 1.54) is 20.9 Å². The van der Waals surface area contributed by atoms with Gasteiger partial charge in [-0.3, -0.25) is 4.79 Å². The van der Waals surface area contributed by atoms with E-state index in [0.29, 0.717) is 12.5 Å². The van der Waals surface area contributed by atoms with E-state index in [1.807, 2.05) is 6.07 Å². The van der Waals surface area contributed by atoms with Crippen LogP contribution in [0.15, 0.2) is 41.8 Å². The zero-order chi connectivity index (χ0) is 19.2. The Hall–Kier alpha value is -1.69. The molecule has 2 aromatic rings. The van der Waals surface area contributed by atoms with E-state index < -0.39 is 0 Å². The van der Waals surface area contributed by atoms with Crippen LogP contribution in [0.25, 0.3) is 0 Å². The van der Waals surface area contributed by atoms with E-state index in [0.717, 1.165) is 32.7 Å². The quantitative estimate of drug-likeness (QED) is 0.652. The second-order valence-corrected chi connectivity index (χ2v) is 9.03. The van der Waals surface area contributed by atoms with Crippen LogP contribution in [0.5, 0.6) is 0 Å². The van der Waals surface area contributed by atoms with Gasteiger partial charge in [-0.05, 0) is 29.9 Å². The van der Waals surface area contributed by atoms with Crippen molar-refractivity contribution >= 4 is 17.2 Å². The molecule has 1 aliphatic heterocycles. The van der Waals surface area contributed by atoms with Crippen molar-refractivity contribution in [1.82, 2.24) is 5.32 Å². The van der Waals surface area contributed by atoms with Gasteiger partial charge in [-0.1, -0.05) is 44.2 Å². The van der Waals surface area contributed by atoms with Gasteiger partial charge in [0.1, 0.15) is 32.7 Å². The molecular weight excluding hydrogens is 354 g/mol. The maximum Gasteiger partial charge on any atom is 0.275 e. The number of benzene rings is 1. The summed E-state index contributed by atoms with van der Waals surface area (Å²) in [5.74, 6) is 0.755. The minimum atomic E-state index is 0.109. The summed E-state index contributed by atoms with van der Waals surface area (Å²) in [5, 5.41) is 5.20. The lowest BCUT2D eigenvalue weighted by molar-refractivity contribution is -1.02. The molecule has 1 aromatic carbocycles. The number of quaternary nitrogens is 2. The Morgan fingerprint density at radius 1 is 1.04 bits per heavy atom. The molecule has 0 unspecified atom stereocenters. The summed E-state index contributed by atoms with van der Waals surface area (Å²) in [6.07, 6.45) is 0. The first-order chi connectivity index (χ1) is 13.0. The Labute approximate surface area is 167 Å². The molecule has 146 valence electrons. The van der Waals surface area contributed by atoms with Gasteiger partial charge in [0.05, 0.1) is 6.04 Å². The van der Waals surface area contributed by atoms with Crippen molar-refractivity contribution in [2.24, 2.45) is 0 Å². The predicted octanol–water partition coefficient (Wildman–Crippen LogP) is 1.03. The summed E-state index contributed by atoms with van der Waals surface area (Å²) in [6, 6.07) is 13.3. The Bertz CT molecular complexity index is 704. The number of piperazine rings is 1. The molecule has 2 heterocycles. The van der Waals surface area contributed by atoms with Gasteiger partial charge in [0.15, 0.2) is 6.54 Å². The van der Waals surface area contributed by atoms with Gasteiger partial charge >= 0.3 is 0 Å². The van der Waals surface area contributed by atoms with E-state index in [-0.39, 0.29) is 11.9 Å². The van der Waals surface area contributed by atoms with Crippen molar-refractivity contribution in [3.05, 3.63) is 57.8 Å². The van der Waals surface area contributed by atoms with E-state index in [9.17, 15) is 4.79 Å². The number of hydrogen-bond donors (Lipinski definition) is 3. The topological polar surface area (TPSA) is 38.0 Å². The summed E-state index contributed by atoms with van der Waals surface area (Å²) in [6.45, 7) is 12.6. The van der Waals surface area contributed by atoms with Gasteiger partial charge in [0, 0.05) is 10.4 Å². The molecule has 1 saturated heterocycles. The summed E-state index contributed by atoms with van der Waals surface area (Å²) in [5.41, 5.74) is 2.83. The maximum absolute atomic E-state index is 12.3. The third-order valence-corrected chi connectivity index (χ3v) is 6.58. The third kappa shape index (κ3) is 5.89. The number of amides is 1. The Morgan fingerprint density at radius 2 is 1.70 bits per heavy atom. The second-order valence-electron chi connectivity index (χ2n) is 8.05. The Kier molecular flexibility index (Phi) is 7.05. The van der Waals surface area contributed by atoms with Crippen LogP contribution in [0.1, 0.15) is 48.7 Å². The summed E-state index contributed by atoms with van der Waals surface area (Å²) >= 11 is 1.70. The molecule has 1 aliphatic rings. The first-order valence-electron chi connectivity index (χ1n) is 10.1. The fourth-order valence-electron chi connectivity index (χ4n) is 3.75. The van der Waals surface area contributed by atoms with Gasteiger partial charge in [0.2, 0.25) is 0 Å². The zero-order valence-corrected chi connectivity index (χ0v) is 17.6. The Balaban J connectivity index is 1.40. The van der Waals surface area contributed by atoms with E-state index in [2.05, 4.69) is 61.8 Å². The van der Waals surface area contributed by atoms with Gasteiger partial charge < -0.3 is 15.1 Å². The number of hydrogen-bond acceptors (Lipinski definition) is 2. The summed E-state index contributed by atoms with van der Waals surface area (Å²) in [7, 11) is 0. The number of nitrogens with one attached hydrogen (secondary N) is 3. The Morgan fingerprint density at radius 3 is 2.30 bits per heavy atom. The summed E-state index contributed by atoms with van der Waals surface area (Å²) in [4.78, 5) is 16.6. The van der Waals surface area contributed by atoms with Crippen molar-refractivity contribution in [2.45, 2.75) is 39.3 Å². The molecule has 1 aromatic heterocycles. The lowest BCUT2D eigenvalue weighted by Gasteiger charge is -2.29. The SMILES string of the molecule is CC(C)c1ccc(C[NH+]2CC[NH+](CC(=O)N[C@H](C)c3cccs3)CC2)cc1. The molecule has 0 radical (unpaired) electrons. The summed E-state index contributed by atoms with van der Waals surface area (Å²) < 4.78 is 0. The molecule has 1 atom stereocenters. The van der Waals surface area contributed by atoms with Crippen LogP contribution < -0.4 is 15.1 Å². The lowest BCUT2D eigenvalue weighted by Crippen LogP contribution is -3.28. The normalized spacial score (nSPS) is 21.2. The molecule has 3 N–H and O–H groups in total. The van der Waals surface area contributed by atoms with Crippen molar-refractivity contribution in [1.29, 1.82) is 0 Å². The standard InChI is InChI=1S/C22H31N3OS/c1-17(2)20-8-6-19(7-9-20)15-24-10-12-25(13-11-24)16-22(26)23-18(3)21-5-4-14-27-21/h4-9,14,17-18H,10-13,15-16H2,1-3H3,(H,23,26)/p+2/t18-/m1/s1. The van der Waals surface area contributed by atoms with Crippen LogP contribution in [0, 0.1) is 0 Å². The molecule has 0 saturated carbocycles. The van der Waals surface area contributed by atoms with Crippen molar-refractivity contribution in [3.8, 4) is 0 Å². The van der Waals surface area contributed by atoms with Crippen molar-refractivity contribution in [3.63, 3.8) is 0 Å². The molecule has 27 heavy (non-hydrogen) atoms. The molecular formula is C22H33N3OS+2. The van der Waals surface area contributed by atoms with Crippen LogP contribution in [-0.2, 0) is 11.3 Å². The highest BCUT2D eigenvalue weighted by atomic mass is 32.1. The van der Waals surface area contributed by atoms with E-state index in [4.69, 9.17) is 0 Å². The van der Waals surface area contributed by atoms with Crippen LogP contribution in [-0.4, -0.2) is 38.6 Å². The van der Waals surface area contributed by atoms with Crippen LogP contribution in [0.3, 0.4) is 0 Å². The van der Waals surface area contributed by atoms with Gasteiger partial charge in [0.25, 0.3) is 5.91 Å².